The number of nitrogens with one attached hydrogen (secondary N) is 1. The minimum Gasteiger partial charge on any atom is -0.355 e. The average molecular weight is 265 g/mol. The molecule has 0 atom stereocenters. The summed E-state index contributed by atoms with van der Waals surface area (Å²) in [5, 5.41) is 3.14. The Labute approximate surface area is 111 Å². The van der Waals surface area contributed by atoms with Gasteiger partial charge in [-0.25, -0.2) is 13.8 Å². The molecule has 19 heavy (non-hydrogen) atoms. The molecule has 5 heteroatoms. The number of hydrogen-bond acceptors (Lipinski definition) is 2. The second-order valence-electron chi connectivity index (χ2n) is 4.43. The Morgan fingerprint density at radius 1 is 1.32 bits per heavy atom. The van der Waals surface area contributed by atoms with Crippen molar-refractivity contribution in [2.24, 2.45) is 0 Å². The maximum absolute atomic E-state index is 13.8. The Hall–Kier alpha value is -1.91. The molecule has 1 heterocycles. The summed E-state index contributed by atoms with van der Waals surface area (Å²) in [5.41, 5.74) is 0.919. The molecule has 1 N–H and O–H groups in total. The Bertz CT molecular complexity index is 564. The molecule has 0 radical (unpaired) electrons. The predicted octanol–water partition coefficient (Wildman–Crippen LogP) is 3.67. The van der Waals surface area contributed by atoms with Crippen LogP contribution >= 0.6 is 0 Å². The molecule has 0 aliphatic rings. The molecular weight excluding hydrogens is 248 g/mol. The number of rotatable bonds is 5. The number of anilines is 1. The fraction of sp³-hybridized carbons (Fsp3) is 0.357. The van der Waals surface area contributed by atoms with Gasteiger partial charge in [0.1, 0.15) is 0 Å². The number of aromatic nitrogens is 2. The molecule has 0 aliphatic heterocycles. The number of hydrogen-bond donors (Lipinski definition) is 1. The van der Waals surface area contributed by atoms with Gasteiger partial charge in [-0.3, -0.25) is 4.57 Å². The van der Waals surface area contributed by atoms with Crippen LogP contribution < -0.4 is 5.32 Å². The number of imidazole rings is 1. The molecule has 0 bridgehead atoms. The van der Waals surface area contributed by atoms with E-state index in [1.54, 1.807) is 10.8 Å². The first-order valence-electron chi connectivity index (χ1n) is 6.37. The zero-order valence-electron chi connectivity index (χ0n) is 11.1. The quantitative estimate of drug-likeness (QED) is 0.836. The molecule has 0 saturated heterocycles. The summed E-state index contributed by atoms with van der Waals surface area (Å²) in [4.78, 5) is 4.29. The van der Waals surface area contributed by atoms with Crippen molar-refractivity contribution < 1.29 is 8.78 Å². The van der Waals surface area contributed by atoms with Crippen molar-refractivity contribution >= 4 is 5.95 Å². The fourth-order valence-electron chi connectivity index (χ4n) is 1.86. The Morgan fingerprint density at radius 2 is 2.11 bits per heavy atom. The maximum Gasteiger partial charge on any atom is 0.207 e. The number of nitrogens with zero attached hydrogens (tertiary/aromatic N) is 2. The lowest BCUT2D eigenvalue weighted by molar-refractivity contribution is 0.504. The number of halogens is 2. The van der Waals surface area contributed by atoms with Crippen LogP contribution in [0.15, 0.2) is 24.4 Å². The van der Waals surface area contributed by atoms with E-state index in [0.717, 1.165) is 31.1 Å². The van der Waals surface area contributed by atoms with E-state index in [2.05, 4.69) is 17.2 Å². The predicted molar refractivity (Wildman–Crippen MR) is 71.6 cm³/mol. The summed E-state index contributed by atoms with van der Waals surface area (Å²) in [6.07, 6.45) is 3.74. The second-order valence-corrected chi connectivity index (χ2v) is 4.43. The van der Waals surface area contributed by atoms with Crippen LogP contribution in [0, 0.1) is 18.6 Å². The molecule has 0 fully saturated rings. The van der Waals surface area contributed by atoms with Gasteiger partial charge in [0.25, 0.3) is 0 Å². The van der Waals surface area contributed by atoms with Gasteiger partial charge >= 0.3 is 0 Å². The SMILES string of the molecule is CCCCNc1nc(C)cn1-c1cccc(F)c1F. The van der Waals surface area contributed by atoms with Gasteiger partial charge in [-0.2, -0.15) is 0 Å². The van der Waals surface area contributed by atoms with Crippen molar-refractivity contribution in [2.75, 3.05) is 11.9 Å². The minimum atomic E-state index is -0.863. The summed E-state index contributed by atoms with van der Waals surface area (Å²) in [6.45, 7) is 4.66. The molecular formula is C14H17F2N3. The highest BCUT2D eigenvalue weighted by Gasteiger charge is 2.13. The van der Waals surface area contributed by atoms with E-state index in [9.17, 15) is 8.78 Å². The third-order valence-corrected chi connectivity index (χ3v) is 2.83. The van der Waals surface area contributed by atoms with E-state index < -0.39 is 11.6 Å². The largest absolute Gasteiger partial charge is 0.355 e. The van der Waals surface area contributed by atoms with Crippen LogP contribution in [0.2, 0.25) is 0 Å². The van der Waals surface area contributed by atoms with Gasteiger partial charge in [-0.15, -0.1) is 0 Å². The first-order chi connectivity index (χ1) is 9.13. The number of aryl methyl sites for hydroxylation is 1. The van der Waals surface area contributed by atoms with E-state index in [1.807, 2.05) is 6.92 Å². The summed E-state index contributed by atoms with van der Waals surface area (Å²) < 4.78 is 28.6. The van der Waals surface area contributed by atoms with Crippen molar-refractivity contribution in [3.63, 3.8) is 0 Å². The topological polar surface area (TPSA) is 29.9 Å². The smallest absolute Gasteiger partial charge is 0.207 e. The highest BCUT2D eigenvalue weighted by molar-refractivity contribution is 5.44. The molecule has 2 aromatic rings. The van der Waals surface area contributed by atoms with Crippen molar-refractivity contribution in [1.29, 1.82) is 0 Å². The third kappa shape index (κ3) is 2.92. The normalized spacial score (nSPS) is 10.7. The van der Waals surface area contributed by atoms with Crippen molar-refractivity contribution in [3.8, 4) is 5.69 Å². The van der Waals surface area contributed by atoms with Crippen LogP contribution in [-0.2, 0) is 0 Å². The molecule has 1 aromatic carbocycles. The maximum atomic E-state index is 13.8. The molecule has 0 aliphatic carbocycles. The highest BCUT2D eigenvalue weighted by atomic mass is 19.2. The molecule has 1 aromatic heterocycles. The summed E-state index contributed by atoms with van der Waals surface area (Å²) in [6, 6.07) is 4.12. The van der Waals surface area contributed by atoms with Gasteiger partial charge in [0.2, 0.25) is 5.95 Å². The van der Waals surface area contributed by atoms with Gasteiger partial charge in [0, 0.05) is 12.7 Å². The average Bonchev–Trinajstić information content (AvgIpc) is 2.74. The van der Waals surface area contributed by atoms with Crippen molar-refractivity contribution in [2.45, 2.75) is 26.7 Å². The summed E-state index contributed by atoms with van der Waals surface area (Å²) >= 11 is 0. The van der Waals surface area contributed by atoms with E-state index >= 15 is 0 Å². The lowest BCUT2D eigenvalue weighted by Gasteiger charge is -2.10. The lowest BCUT2D eigenvalue weighted by Crippen LogP contribution is -2.08. The first kappa shape index (κ1) is 13.5. The van der Waals surface area contributed by atoms with Gasteiger partial charge in [-0.05, 0) is 25.5 Å². The zero-order chi connectivity index (χ0) is 13.8. The Kier molecular flexibility index (Phi) is 4.14. The fourth-order valence-corrected chi connectivity index (χ4v) is 1.86. The number of unbranched alkanes of at least 4 members (excludes halogenated alkanes) is 1. The highest BCUT2D eigenvalue weighted by Crippen LogP contribution is 2.21. The molecule has 2 rings (SSSR count). The molecule has 3 nitrogen and oxygen atoms in total. The van der Waals surface area contributed by atoms with E-state index in [1.165, 1.54) is 12.1 Å². The van der Waals surface area contributed by atoms with Crippen LogP contribution in [0.4, 0.5) is 14.7 Å². The van der Waals surface area contributed by atoms with E-state index in [4.69, 9.17) is 0 Å². The Balaban J connectivity index is 2.35. The molecule has 0 amide bonds. The molecule has 0 saturated carbocycles. The van der Waals surface area contributed by atoms with Crippen LogP contribution in [0.25, 0.3) is 5.69 Å². The van der Waals surface area contributed by atoms with E-state index in [-0.39, 0.29) is 5.69 Å². The van der Waals surface area contributed by atoms with Crippen LogP contribution in [0.3, 0.4) is 0 Å². The summed E-state index contributed by atoms with van der Waals surface area (Å²) in [7, 11) is 0. The van der Waals surface area contributed by atoms with Crippen molar-refractivity contribution in [1.82, 2.24) is 9.55 Å². The zero-order valence-corrected chi connectivity index (χ0v) is 11.1. The Morgan fingerprint density at radius 3 is 2.84 bits per heavy atom. The minimum absolute atomic E-state index is 0.166. The standard InChI is InChI=1S/C14H17F2N3/c1-3-4-8-17-14-18-10(2)9-19(14)12-7-5-6-11(15)13(12)16/h5-7,9H,3-4,8H2,1-2H3,(H,17,18). The number of benzene rings is 1. The van der Waals surface area contributed by atoms with Crippen LogP contribution in [0.1, 0.15) is 25.5 Å². The summed E-state index contributed by atoms with van der Waals surface area (Å²) in [5.74, 6) is -1.18. The first-order valence-corrected chi connectivity index (χ1v) is 6.37. The van der Waals surface area contributed by atoms with Gasteiger partial charge < -0.3 is 5.32 Å². The third-order valence-electron chi connectivity index (χ3n) is 2.83. The van der Waals surface area contributed by atoms with Gasteiger partial charge in [0.05, 0.1) is 11.4 Å². The van der Waals surface area contributed by atoms with Crippen LogP contribution in [-0.4, -0.2) is 16.1 Å². The molecule has 102 valence electrons. The van der Waals surface area contributed by atoms with E-state index in [0.29, 0.717) is 5.95 Å². The molecule has 0 spiro atoms. The molecule has 0 unspecified atom stereocenters. The second kappa shape index (κ2) is 5.82. The lowest BCUT2D eigenvalue weighted by atomic mass is 10.3. The van der Waals surface area contributed by atoms with Gasteiger partial charge in [-0.1, -0.05) is 19.4 Å². The van der Waals surface area contributed by atoms with Gasteiger partial charge in [0.15, 0.2) is 11.6 Å². The van der Waals surface area contributed by atoms with Crippen LogP contribution in [0.5, 0.6) is 0 Å². The monoisotopic (exact) mass is 265 g/mol. The van der Waals surface area contributed by atoms with Crippen molar-refractivity contribution in [3.05, 3.63) is 41.7 Å².